The standard InChI is InChI=1S/C10H18Cl2O3/c1-2-3-4-5-6-7-8(11)9(12)10(13,14)15/h13-15H,2-7H2,1H3. The highest BCUT2D eigenvalue weighted by molar-refractivity contribution is 6.39. The lowest BCUT2D eigenvalue weighted by Crippen LogP contribution is -2.28. The van der Waals surface area contributed by atoms with Gasteiger partial charge in [0, 0.05) is 5.03 Å². The van der Waals surface area contributed by atoms with Crippen molar-refractivity contribution in [3.8, 4) is 0 Å². The molecule has 0 saturated carbocycles. The first kappa shape index (κ1) is 15.2. The molecule has 0 aromatic rings. The van der Waals surface area contributed by atoms with Crippen LogP contribution in [0.5, 0.6) is 0 Å². The Balaban J connectivity index is 3.87. The summed E-state index contributed by atoms with van der Waals surface area (Å²) < 4.78 is 0. The van der Waals surface area contributed by atoms with Crippen LogP contribution in [0, 0.1) is 0 Å². The second-order valence-corrected chi connectivity index (χ2v) is 4.35. The summed E-state index contributed by atoms with van der Waals surface area (Å²) in [5.74, 6) is -3.01. The molecule has 15 heavy (non-hydrogen) atoms. The van der Waals surface area contributed by atoms with Gasteiger partial charge in [0.05, 0.1) is 0 Å². The first-order valence-corrected chi connectivity index (χ1v) is 5.87. The van der Waals surface area contributed by atoms with Gasteiger partial charge in [-0.15, -0.1) is 0 Å². The maximum Gasteiger partial charge on any atom is 0.316 e. The Morgan fingerprint density at radius 1 is 1.00 bits per heavy atom. The monoisotopic (exact) mass is 256 g/mol. The first-order valence-electron chi connectivity index (χ1n) is 5.11. The smallest absolute Gasteiger partial charge is 0.316 e. The molecule has 0 radical (unpaired) electrons. The topological polar surface area (TPSA) is 60.7 Å². The molecule has 3 N–H and O–H groups in total. The van der Waals surface area contributed by atoms with Gasteiger partial charge < -0.3 is 15.3 Å². The molecule has 0 fully saturated rings. The minimum absolute atomic E-state index is 0.0978. The van der Waals surface area contributed by atoms with Gasteiger partial charge in [-0.2, -0.15) is 0 Å². The van der Waals surface area contributed by atoms with Gasteiger partial charge in [0.1, 0.15) is 5.03 Å². The number of halogens is 2. The van der Waals surface area contributed by atoms with E-state index in [0.717, 1.165) is 25.7 Å². The molecule has 0 atom stereocenters. The number of aliphatic hydroxyl groups is 3. The molecule has 0 aliphatic carbocycles. The quantitative estimate of drug-likeness (QED) is 0.485. The van der Waals surface area contributed by atoms with E-state index >= 15 is 0 Å². The second-order valence-electron chi connectivity index (χ2n) is 3.52. The minimum atomic E-state index is -3.01. The van der Waals surface area contributed by atoms with Gasteiger partial charge in [-0.1, -0.05) is 55.8 Å². The van der Waals surface area contributed by atoms with Crippen LogP contribution < -0.4 is 0 Å². The Hall–Kier alpha value is 0.200. The van der Waals surface area contributed by atoms with Crippen molar-refractivity contribution in [2.75, 3.05) is 0 Å². The van der Waals surface area contributed by atoms with Gasteiger partial charge in [0.2, 0.25) is 0 Å². The predicted molar refractivity (Wildman–Crippen MR) is 61.5 cm³/mol. The fourth-order valence-electron chi connectivity index (χ4n) is 1.18. The highest BCUT2D eigenvalue weighted by Crippen LogP contribution is 2.26. The van der Waals surface area contributed by atoms with E-state index in [1.807, 2.05) is 0 Å². The largest absolute Gasteiger partial charge is 0.339 e. The van der Waals surface area contributed by atoms with Gasteiger partial charge >= 0.3 is 5.97 Å². The molecule has 0 spiro atoms. The number of unbranched alkanes of at least 4 members (excludes halogenated alkanes) is 4. The second kappa shape index (κ2) is 7.47. The SMILES string of the molecule is CCCCCCCC(Cl)=C(Cl)C(O)(O)O. The minimum Gasteiger partial charge on any atom is -0.339 e. The molecule has 0 unspecified atom stereocenters. The van der Waals surface area contributed by atoms with Crippen molar-refractivity contribution in [1.82, 2.24) is 0 Å². The van der Waals surface area contributed by atoms with Crippen LogP contribution in [-0.4, -0.2) is 21.3 Å². The zero-order chi connectivity index (χ0) is 11.9. The Morgan fingerprint density at radius 2 is 1.53 bits per heavy atom. The van der Waals surface area contributed by atoms with Gasteiger partial charge in [-0.25, -0.2) is 0 Å². The van der Waals surface area contributed by atoms with Crippen molar-refractivity contribution in [1.29, 1.82) is 0 Å². The highest BCUT2D eigenvalue weighted by Gasteiger charge is 2.26. The van der Waals surface area contributed by atoms with Gasteiger partial charge in [0.25, 0.3) is 0 Å². The molecule has 0 rings (SSSR count). The zero-order valence-electron chi connectivity index (χ0n) is 8.84. The Labute approximate surface area is 100 Å². The van der Waals surface area contributed by atoms with E-state index in [4.69, 9.17) is 38.5 Å². The average molecular weight is 257 g/mol. The third-order valence-electron chi connectivity index (χ3n) is 2.03. The Morgan fingerprint density at radius 3 is 2.00 bits per heavy atom. The summed E-state index contributed by atoms with van der Waals surface area (Å²) in [6.07, 6.45) is 5.76. The van der Waals surface area contributed by atoms with Gasteiger partial charge in [-0.3, -0.25) is 0 Å². The molecule has 3 nitrogen and oxygen atoms in total. The van der Waals surface area contributed by atoms with Crippen molar-refractivity contribution >= 4 is 23.2 Å². The molecule has 5 heteroatoms. The molecular formula is C10H18Cl2O3. The number of rotatable bonds is 7. The number of hydrogen-bond donors (Lipinski definition) is 3. The third-order valence-corrected chi connectivity index (χ3v) is 2.99. The number of allylic oxidation sites excluding steroid dienone is 1. The molecule has 0 aliphatic heterocycles. The highest BCUT2D eigenvalue weighted by atomic mass is 35.5. The van der Waals surface area contributed by atoms with Crippen molar-refractivity contribution in [2.24, 2.45) is 0 Å². The van der Waals surface area contributed by atoms with Gasteiger partial charge in [-0.05, 0) is 12.8 Å². The lowest BCUT2D eigenvalue weighted by Gasteiger charge is -2.14. The molecule has 90 valence electrons. The fraction of sp³-hybridized carbons (Fsp3) is 0.800. The molecule has 0 aliphatic rings. The van der Waals surface area contributed by atoms with E-state index in [9.17, 15) is 0 Å². The lowest BCUT2D eigenvalue weighted by molar-refractivity contribution is -0.277. The third kappa shape index (κ3) is 7.14. The Bertz CT molecular complexity index is 209. The Kier molecular flexibility index (Phi) is 7.57. The van der Waals surface area contributed by atoms with E-state index < -0.39 is 11.0 Å². The molecule has 0 bridgehead atoms. The molecule has 0 heterocycles. The van der Waals surface area contributed by atoms with Crippen molar-refractivity contribution in [2.45, 2.75) is 51.4 Å². The van der Waals surface area contributed by atoms with Crippen LogP contribution >= 0.6 is 23.2 Å². The summed E-state index contributed by atoms with van der Waals surface area (Å²) in [6.45, 7) is 2.13. The molecular weight excluding hydrogens is 239 g/mol. The normalized spacial score (nSPS) is 14.0. The van der Waals surface area contributed by atoms with Crippen LogP contribution in [0.2, 0.25) is 0 Å². The maximum absolute atomic E-state index is 8.73. The predicted octanol–water partition coefficient (Wildman–Crippen LogP) is 2.67. The van der Waals surface area contributed by atoms with Crippen molar-refractivity contribution < 1.29 is 15.3 Å². The molecule has 0 aromatic carbocycles. The molecule has 0 aromatic heterocycles. The molecule has 0 saturated heterocycles. The average Bonchev–Trinajstić information content (AvgIpc) is 2.14. The lowest BCUT2D eigenvalue weighted by atomic mass is 10.1. The summed E-state index contributed by atoms with van der Waals surface area (Å²) in [6, 6.07) is 0. The first-order chi connectivity index (χ1) is 6.89. The van der Waals surface area contributed by atoms with Crippen LogP contribution in [0.4, 0.5) is 0 Å². The van der Waals surface area contributed by atoms with Gasteiger partial charge in [0.15, 0.2) is 0 Å². The van der Waals surface area contributed by atoms with E-state index in [1.165, 1.54) is 6.42 Å². The van der Waals surface area contributed by atoms with E-state index in [1.54, 1.807) is 0 Å². The summed E-state index contributed by atoms with van der Waals surface area (Å²) in [4.78, 5) is 0. The van der Waals surface area contributed by atoms with Crippen molar-refractivity contribution in [3.63, 3.8) is 0 Å². The van der Waals surface area contributed by atoms with Crippen LogP contribution in [-0.2, 0) is 0 Å². The van der Waals surface area contributed by atoms with Crippen molar-refractivity contribution in [3.05, 3.63) is 10.1 Å². The van der Waals surface area contributed by atoms with Crippen LogP contribution in [0.15, 0.2) is 10.1 Å². The summed E-state index contributed by atoms with van der Waals surface area (Å²) >= 11 is 11.1. The molecule has 0 amide bonds. The number of hydrogen-bond acceptors (Lipinski definition) is 3. The van der Waals surface area contributed by atoms with E-state index in [2.05, 4.69) is 6.92 Å². The zero-order valence-corrected chi connectivity index (χ0v) is 10.4. The van der Waals surface area contributed by atoms with E-state index in [0.29, 0.717) is 6.42 Å². The summed E-state index contributed by atoms with van der Waals surface area (Å²) in [5.41, 5.74) is 0. The fourth-order valence-corrected chi connectivity index (χ4v) is 1.53. The van der Waals surface area contributed by atoms with Crippen LogP contribution in [0.3, 0.4) is 0 Å². The van der Waals surface area contributed by atoms with Crippen LogP contribution in [0.25, 0.3) is 0 Å². The van der Waals surface area contributed by atoms with E-state index in [-0.39, 0.29) is 5.03 Å². The van der Waals surface area contributed by atoms with Crippen LogP contribution in [0.1, 0.15) is 45.4 Å². The summed E-state index contributed by atoms with van der Waals surface area (Å²) in [5, 5.41) is 25.8. The maximum atomic E-state index is 8.73. The summed E-state index contributed by atoms with van der Waals surface area (Å²) in [7, 11) is 0.